The van der Waals surface area contributed by atoms with Crippen LogP contribution in [0.1, 0.15) is 51.4 Å². The predicted molar refractivity (Wildman–Crippen MR) is 135 cm³/mol. The molecular weight excluding hydrogens is 412 g/mol. The van der Waals surface area contributed by atoms with E-state index in [1.54, 1.807) is 6.92 Å². The molecule has 0 radical (unpaired) electrons. The minimum Gasteiger partial charge on any atom is -0.416 e. The number of likely N-dealkylation sites (N-methyl/N-ethyl adjacent to an activating group) is 1. The summed E-state index contributed by atoms with van der Waals surface area (Å²) in [6.45, 7) is 18.2. The summed E-state index contributed by atoms with van der Waals surface area (Å²) in [5.74, 6) is 0.552. The summed E-state index contributed by atoms with van der Waals surface area (Å²) in [5, 5.41) is 1.54. The molecule has 2 aliphatic rings. The second-order valence-electron chi connectivity index (χ2n) is 11.6. The average molecular weight is 453 g/mol. The number of aryl methyl sites for hydroxylation is 1. The van der Waals surface area contributed by atoms with Crippen molar-refractivity contribution in [3.63, 3.8) is 0 Å². The zero-order valence-corrected chi connectivity index (χ0v) is 22.2. The fourth-order valence-electron chi connectivity index (χ4n) is 5.73. The molecule has 174 valence electrons. The number of fused-ring (bicyclic) bond motifs is 6. The van der Waals surface area contributed by atoms with Crippen LogP contribution in [-0.2, 0) is 22.7 Å². The fraction of sp³-hybridized carbons (Fsp3) is 0.593. The highest BCUT2D eigenvalue weighted by atomic mass is 28.4. The van der Waals surface area contributed by atoms with Crippen molar-refractivity contribution in [2.45, 2.75) is 70.8 Å². The molecule has 3 heterocycles. The minimum absolute atomic E-state index is 0.118. The Morgan fingerprint density at radius 2 is 1.88 bits per heavy atom. The lowest BCUT2D eigenvalue weighted by atomic mass is 9.68. The number of allylic oxidation sites excluding steroid dienone is 1. The van der Waals surface area contributed by atoms with E-state index in [2.05, 4.69) is 88.3 Å². The van der Waals surface area contributed by atoms with E-state index in [4.69, 9.17) is 4.43 Å². The van der Waals surface area contributed by atoms with Crippen LogP contribution < -0.4 is 0 Å². The van der Waals surface area contributed by atoms with Gasteiger partial charge < -0.3 is 8.99 Å². The number of ketones is 1. The fourth-order valence-corrected chi connectivity index (χ4v) is 6.77. The largest absolute Gasteiger partial charge is 0.416 e. The Morgan fingerprint density at radius 3 is 2.50 bits per heavy atom. The van der Waals surface area contributed by atoms with Gasteiger partial charge in [0.2, 0.25) is 0 Å². The van der Waals surface area contributed by atoms with Crippen LogP contribution in [0, 0.1) is 11.8 Å². The SMILES string of the molecule is C=C(C(C)=O)[C@@H]1C[C@H]2c3c(c4ccccc4n3C)C[C@@H]([C@@H]1CO[Si](C)(C)C(C)(C)C)N2C. The molecule has 0 amide bonds. The van der Waals surface area contributed by atoms with Crippen LogP contribution in [0.2, 0.25) is 18.1 Å². The lowest BCUT2D eigenvalue weighted by molar-refractivity contribution is -0.115. The van der Waals surface area contributed by atoms with E-state index in [9.17, 15) is 4.79 Å². The number of carbonyl (C=O) groups excluding carboxylic acids is 1. The molecule has 4 rings (SSSR count). The number of para-hydroxylation sites is 1. The molecule has 4 nitrogen and oxygen atoms in total. The van der Waals surface area contributed by atoms with Crippen LogP contribution in [0.4, 0.5) is 0 Å². The van der Waals surface area contributed by atoms with Gasteiger partial charge in [0.25, 0.3) is 0 Å². The number of piperidine rings is 1. The first-order valence-electron chi connectivity index (χ1n) is 12.0. The molecule has 2 bridgehead atoms. The van der Waals surface area contributed by atoms with E-state index >= 15 is 0 Å². The Labute approximate surface area is 194 Å². The molecule has 1 aromatic carbocycles. The quantitative estimate of drug-likeness (QED) is 0.420. The number of benzene rings is 1. The minimum atomic E-state index is -1.89. The molecular formula is C27H40N2O2Si. The normalized spacial score (nSPS) is 26.2. The standard InChI is InChI=1S/C27H40N2O2Si/c1-17(18(2)30)20-14-25-26-21(19-12-10-11-13-23(19)29(26)7)15-24(28(25)6)22(20)16-31-32(8,9)27(3,4)5/h10-13,20,22,24-25H,1,14-16H2,2-9H3/t20-,22+,24-,25-/m0/s1. The Morgan fingerprint density at radius 1 is 1.22 bits per heavy atom. The van der Waals surface area contributed by atoms with E-state index in [1.807, 2.05) is 0 Å². The highest BCUT2D eigenvalue weighted by Crippen LogP contribution is 2.50. The van der Waals surface area contributed by atoms with Crippen molar-refractivity contribution in [3.05, 3.63) is 47.7 Å². The van der Waals surface area contributed by atoms with Crippen LogP contribution >= 0.6 is 0 Å². The molecule has 1 aromatic heterocycles. The monoisotopic (exact) mass is 452 g/mol. The van der Waals surface area contributed by atoms with Gasteiger partial charge in [0.1, 0.15) is 0 Å². The van der Waals surface area contributed by atoms with Crippen molar-refractivity contribution in [2.24, 2.45) is 18.9 Å². The first kappa shape index (κ1) is 23.5. The van der Waals surface area contributed by atoms with Gasteiger partial charge in [-0.25, -0.2) is 0 Å². The van der Waals surface area contributed by atoms with Gasteiger partial charge in [0.15, 0.2) is 14.1 Å². The van der Waals surface area contributed by atoms with E-state index < -0.39 is 8.32 Å². The molecule has 0 unspecified atom stereocenters. The molecule has 1 saturated heterocycles. The number of carbonyl (C=O) groups is 1. The zero-order valence-electron chi connectivity index (χ0n) is 21.2. The molecule has 32 heavy (non-hydrogen) atoms. The number of aromatic nitrogens is 1. The van der Waals surface area contributed by atoms with Crippen molar-refractivity contribution in [1.82, 2.24) is 9.47 Å². The molecule has 0 spiro atoms. The van der Waals surface area contributed by atoms with Crippen LogP contribution in [-0.4, -0.2) is 43.3 Å². The highest BCUT2D eigenvalue weighted by Gasteiger charge is 2.49. The topological polar surface area (TPSA) is 34.5 Å². The maximum atomic E-state index is 12.5. The third-order valence-electron chi connectivity index (χ3n) is 8.84. The van der Waals surface area contributed by atoms with Crippen molar-refractivity contribution >= 4 is 25.0 Å². The number of hydrogen-bond acceptors (Lipinski definition) is 3. The summed E-state index contributed by atoms with van der Waals surface area (Å²) in [4.78, 5) is 15.0. The van der Waals surface area contributed by atoms with Crippen molar-refractivity contribution in [3.8, 4) is 0 Å². The van der Waals surface area contributed by atoms with Gasteiger partial charge in [0.05, 0.1) is 6.04 Å². The van der Waals surface area contributed by atoms with E-state index in [1.165, 1.54) is 22.2 Å². The predicted octanol–water partition coefficient (Wildman–Crippen LogP) is 5.88. The second kappa shape index (κ2) is 7.96. The summed E-state index contributed by atoms with van der Waals surface area (Å²) >= 11 is 0. The van der Waals surface area contributed by atoms with Crippen molar-refractivity contribution in [2.75, 3.05) is 13.7 Å². The van der Waals surface area contributed by atoms with Crippen LogP contribution in [0.5, 0.6) is 0 Å². The Balaban J connectivity index is 1.76. The summed E-state index contributed by atoms with van der Waals surface area (Å²) < 4.78 is 9.15. The van der Waals surface area contributed by atoms with Gasteiger partial charge >= 0.3 is 0 Å². The van der Waals surface area contributed by atoms with Gasteiger partial charge in [-0.15, -0.1) is 0 Å². The first-order valence-corrected chi connectivity index (χ1v) is 14.9. The van der Waals surface area contributed by atoms with E-state index in [0.29, 0.717) is 18.7 Å². The van der Waals surface area contributed by atoms with Crippen LogP contribution in [0.3, 0.4) is 0 Å². The zero-order chi connectivity index (χ0) is 23.6. The maximum absolute atomic E-state index is 12.5. The number of Topliss-reactive ketones (excluding diaryl/α,β-unsaturated/α-hetero) is 1. The lowest BCUT2D eigenvalue weighted by Crippen LogP contribution is -2.56. The third kappa shape index (κ3) is 3.63. The van der Waals surface area contributed by atoms with Gasteiger partial charge in [0, 0.05) is 42.2 Å². The number of nitrogens with zero attached hydrogens (tertiary/aromatic N) is 2. The Kier molecular flexibility index (Phi) is 5.84. The maximum Gasteiger partial charge on any atom is 0.191 e. The van der Waals surface area contributed by atoms with Gasteiger partial charge in [-0.2, -0.15) is 0 Å². The van der Waals surface area contributed by atoms with Crippen LogP contribution in [0.15, 0.2) is 36.4 Å². The van der Waals surface area contributed by atoms with Gasteiger partial charge in [-0.1, -0.05) is 45.5 Å². The van der Waals surface area contributed by atoms with Gasteiger partial charge in [-0.05, 0) is 68.1 Å². The van der Waals surface area contributed by atoms with Crippen LogP contribution in [0.25, 0.3) is 10.9 Å². The first-order chi connectivity index (χ1) is 14.8. The Hall–Kier alpha value is -1.69. The molecule has 1 fully saturated rings. The van der Waals surface area contributed by atoms with E-state index in [-0.39, 0.29) is 22.7 Å². The molecule has 0 saturated carbocycles. The smallest absolute Gasteiger partial charge is 0.191 e. The molecule has 0 N–H and O–H groups in total. The number of rotatable bonds is 5. The third-order valence-corrected chi connectivity index (χ3v) is 13.3. The molecule has 5 heteroatoms. The lowest BCUT2D eigenvalue weighted by Gasteiger charge is -2.53. The summed E-state index contributed by atoms with van der Waals surface area (Å²) in [6.07, 6.45) is 1.92. The summed E-state index contributed by atoms with van der Waals surface area (Å²) in [6, 6.07) is 9.41. The summed E-state index contributed by atoms with van der Waals surface area (Å²) in [5.41, 5.74) is 4.98. The van der Waals surface area contributed by atoms with Gasteiger partial charge in [-0.3, -0.25) is 9.69 Å². The highest BCUT2D eigenvalue weighted by molar-refractivity contribution is 6.74. The van der Waals surface area contributed by atoms with Crippen molar-refractivity contribution < 1.29 is 9.22 Å². The summed E-state index contributed by atoms with van der Waals surface area (Å²) in [7, 11) is 2.56. The van der Waals surface area contributed by atoms with E-state index in [0.717, 1.165) is 18.4 Å². The second-order valence-corrected chi connectivity index (χ2v) is 16.4. The molecule has 0 aliphatic carbocycles. The molecule has 2 aliphatic heterocycles. The molecule has 2 aromatic rings. The van der Waals surface area contributed by atoms with Crippen molar-refractivity contribution in [1.29, 1.82) is 0 Å². The number of hydrogen-bond donors (Lipinski definition) is 0. The molecule has 4 atom stereocenters. The average Bonchev–Trinajstić information content (AvgIpc) is 2.98. The Bertz CT molecular complexity index is 1060.